The smallest absolute Gasteiger partial charge is 0.126 e. The average Bonchev–Trinajstić information content (AvgIpc) is 2.73. The second kappa shape index (κ2) is 4.44. The molecule has 2 heterocycles. The Bertz CT molecular complexity index is 439. The van der Waals surface area contributed by atoms with Gasteiger partial charge >= 0.3 is 0 Å². The number of anilines is 1. The Morgan fingerprint density at radius 3 is 2.93 bits per heavy atom. The minimum absolute atomic E-state index is 0.702. The first-order valence-corrected chi connectivity index (χ1v) is 5.40. The molecule has 0 bridgehead atoms. The first-order valence-electron chi connectivity index (χ1n) is 4.61. The molecule has 2 N–H and O–H groups in total. The fraction of sp³-hybridized carbons (Fsp3) is 0.200. The van der Waals surface area contributed by atoms with E-state index in [4.69, 9.17) is 0 Å². The third kappa shape index (κ3) is 2.56. The van der Waals surface area contributed by atoms with E-state index in [0.29, 0.717) is 6.54 Å². The van der Waals surface area contributed by atoms with E-state index in [0.717, 1.165) is 21.7 Å². The number of hydrogen-bond donors (Lipinski definition) is 2. The van der Waals surface area contributed by atoms with Crippen molar-refractivity contribution in [3.05, 3.63) is 40.3 Å². The van der Waals surface area contributed by atoms with Gasteiger partial charge in [0.25, 0.3) is 0 Å². The van der Waals surface area contributed by atoms with E-state index in [1.165, 1.54) is 0 Å². The van der Waals surface area contributed by atoms with Crippen LogP contribution >= 0.6 is 15.9 Å². The number of rotatable bonds is 3. The number of nitrogens with zero attached hydrogens (tertiary/aromatic N) is 2. The van der Waals surface area contributed by atoms with E-state index in [2.05, 4.69) is 36.4 Å². The lowest BCUT2D eigenvalue weighted by Crippen LogP contribution is -2.02. The highest BCUT2D eigenvalue weighted by Crippen LogP contribution is 2.16. The van der Waals surface area contributed by atoms with Crippen molar-refractivity contribution in [3.8, 4) is 0 Å². The van der Waals surface area contributed by atoms with Crippen LogP contribution in [0.2, 0.25) is 0 Å². The van der Waals surface area contributed by atoms with Crippen LogP contribution < -0.4 is 5.32 Å². The number of aromatic amines is 1. The van der Waals surface area contributed by atoms with Gasteiger partial charge in [0.15, 0.2) is 0 Å². The number of aromatic nitrogens is 3. The average molecular weight is 267 g/mol. The number of H-pyrrole nitrogens is 1. The van der Waals surface area contributed by atoms with Gasteiger partial charge in [-0.2, -0.15) is 5.10 Å². The normalized spacial score (nSPS) is 10.3. The van der Waals surface area contributed by atoms with Gasteiger partial charge in [0.05, 0.1) is 17.9 Å². The zero-order valence-corrected chi connectivity index (χ0v) is 9.87. The van der Waals surface area contributed by atoms with Crippen LogP contribution in [0.25, 0.3) is 0 Å². The summed E-state index contributed by atoms with van der Waals surface area (Å²) in [5.74, 6) is 0.866. The minimum atomic E-state index is 0.702. The quantitative estimate of drug-likeness (QED) is 0.898. The molecule has 2 aromatic heterocycles. The second-order valence-electron chi connectivity index (χ2n) is 3.20. The first kappa shape index (κ1) is 10.2. The molecule has 5 heteroatoms. The number of aryl methyl sites for hydroxylation is 1. The van der Waals surface area contributed by atoms with Crippen LogP contribution in [0.1, 0.15) is 11.4 Å². The van der Waals surface area contributed by atoms with Crippen molar-refractivity contribution in [2.24, 2.45) is 0 Å². The molecular formula is C10H11BrN4. The van der Waals surface area contributed by atoms with Crippen molar-refractivity contribution in [1.82, 2.24) is 15.2 Å². The standard InChI is InChI=1S/C10H11BrN4/c1-7-9(11)2-3-10(14-7)12-6-8-4-5-13-15-8/h2-5H,6H2,1H3,(H,12,14)(H,13,15). The predicted molar refractivity (Wildman–Crippen MR) is 62.6 cm³/mol. The lowest BCUT2D eigenvalue weighted by atomic mass is 10.3. The molecule has 0 amide bonds. The zero-order chi connectivity index (χ0) is 10.7. The van der Waals surface area contributed by atoms with Crippen molar-refractivity contribution in [1.29, 1.82) is 0 Å². The van der Waals surface area contributed by atoms with Crippen LogP contribution in [-0.2, 0) is 6.54 Å². The Morgan fingerprint density at radius 1 is 1.40 bits per heavy atom. The molecule has 0 fully saturated rings. The molecule has 0 saturated carbocycles. The van der Waals surface area contributed by atoms with Gasteiger partial charge in [0.1, 0.15) is 5.82 Å². The summed E-state index contributed by atoms with van der Waals surface area (Å²) >= 11 is 3.41. The van der Waals surface area contributed by atoms with E-state index < -0.39 is 0 Å². The first-order chi connectivity index (χ1) is 7.25. The molecule has 0 aliphatic heterocycles. The molecule has 0 unspecified atom stereocenters. The molecule has 0 radical (unpaired) electrons. The maximum Gasteiger partial charge on any atom is 0.126 e. The van der Waals surface area contributed by atoms with Crippen LogP contribution in [0, 0.1) is 6.92 Å². The number of halogens is 1. The second-order valence-corrected chi connectivity index (χ2v) is 4.05. The lowest BCUT2D eigenvalue weighted by Gasteiger charge is -2.05. The van der Waals surface area contributed by atoms with Crippen molar-refractivity contribution >= 4 is 21.7 Å². The number of nitrogens with one attached hydrogen (secondary N) is 2. The SMILES string of the molecule is Cc1nc(NCc2ccn[nH]2)ccc1Br. The molecule has 15 heavy (non-hydrogen) atoms. The Balaban J connectivity index is 2.02. The van der Waals surface area contributed by atoms with Crippen molar-refractivity contribution < 1.29 is 0 Å². The van der Waals surface area contributed by atoms with E-state index >= 15 is 0 Å². The Labute approximate surface area is 96.3 Å². The summed E-state index contributed by atoms with van der Waals surface area (Å²) in [5.41, 5.74) is 2.02. The fourth-order valence-corrected chi connectivity index (χ4v) is 1.43. The van der Waals surface area contributed by atoms with Gasteiger partial charge in [-0.15, -0.1) is 0 Å². The van der Waals surface area contributed by atoms with Crippen molar-refractivity contribution in [3.63, 3.8) is 0 Å². The van der Waals surface area contributed by atoms with E-state index in [-0.39, 0.29) is 0 Å². The molecule has 78 valence electrons. The summed E-state index contributed by atoms with van der Waals surface area (Å²) in [5, 5.41) is 9.97. The maximum absolute atomic E-state index is 4.38. The van der Waals surface area contributed by atoms with Gasteiger partial charge in [-0.3, -0.25) is 5.10 Å². The minimum Gasteiger partial charge on any atom is -0.364 e. The molecule has 0 aliphatic rings. The zero-order valence-electron chi connectivity index (χ0n) is 8.29. The van der Waals surface area contributed by atoms with Crippen molar-refractivity contribution in [2.75, 3.05) is 5.32 Å². The number of hydrogen-bond acceptors (Lipinski definition) is 3. The van der Waals surface area contributed by atoms with Gasteiger partial charge in [0.2, 0.25) is 0 Å². The molecular weight excluding hydrogens is 256 g/mol. The Morgan fingerprint density at radius 2 is 2.27 bits per heavy atom. The summed E-state index contributed by atoms with van der Waals surface area (Å²) in [6.07, 6.45) is 1.73. The van der Waals surface area contributed by atoms with Gasteiger partial charge in [-0.25, -0.2) is 4.98 Å². The number of pyridine rings is 1. The third-order valence-electron chi connectivity index (χ3n) is 2.04. The summed E-state index contributed by atoms with van der Waals surface area (Å²) < 4.78 is 1.02. The molecule has 2 aromatic rings. The van der Waals surface area contributed by atoms with Crippen molar-refractivity contribution in [2.45, 2.75) is 13.5 Å². The highest BCUT2D eigenvalue weighted by Gasteiger charge is 1.99. The van der Waals surface area contributed by atoms with Gasteiger partial charge in [-0.1, -0.05) is 0 Å². The van der Waals surface area contributed by atoms with Crippen LogP contribution in [0.4, 0.5) is 5.82 Å². The van der Waals surface area contributed by atoms with E-state index in [1.807, 2.05) is 25.1 Å². The van der Waals surface area contributed by atoms with Gasteiger partial charge < -0.3 is 5.32 Å². The molecule has 0 aliphatic carbocycles. The summed E-state index contributed by atoms with van der Waals surface area (Å²) in [4.78, 5) is 4.38. The summed E-state index contributed by atoms with van der Waals surface area (Å²) in [6.45, 7) is 2.67. The predicted octanol–water partition coefficient (Wildman–Crippen LogP) is 2.49. The fourth-order valence-electron chi connectivity index (χ4n) is 1.21. The third-order valence-corrected chi connectivity index (χ3v) is 2.88. The molecule has 2 rings (SSSR count). The summed E-state index contributed by atoms with van der Waals surface area (Å²) in [7, 11) is 0. The van der Waals surface area contributed by atoms with Gasteiger partial charge in [-0.05, 0) is 41.1 Å². The summed E-state index contributed by atoms with van der Waals surface area (Å²) in [6, 6.07) is 5.85. The molecule has 4 nitrogen and oxygen atoms in total. The molecule has 0 saturated heterocycles. The highest BCUT2D eigenvalue weighted by molar-refractivity contribution is 9.10. The topological polar surface area (TPSA) is 53.6 Å². The van der Waals surface area contributed by atoms with Crippen LogP contribution in [0.5, 0.6) is 0 Å². The van der Waals surface area contributed by atoms with E-state index in [1.54, 1.807) is 6.20 Å². The molecule has 0 atom stereocenters. The Kier molecular flexibility index (Phi) is 3.01. The maximum atomic E-state index is 4.38. The van der Waals surface area contributed by atoms with Crippen LogP contribution in [0.3, 0.4) is 0 Å². The molecule has 0 spiro atoms. The Hall–Kier alpha value is -1.36. The highest BCUT2D eigenvalue weighted by atomic mass is 79.9. The van der Waals surface area contributed by atoms with Crippen LogP contribution in [-0.4, -0.2) is 15.2 Å². The monoisotopic (exact) mass is 266 g/mol. The molecule has 0 aromatic carbocycles. The van der Waals surface area contributed by atoms with Gasteiger partial charge in [0, 0.05) is 10.7 Å². The van der Waals surface area contributed by atoms with E-state index in [9.17, 15) is 0 Å². The largest absolute Gasteiger partial charge is 0.364 e. The lowest BCUT2D eigenvalue weighted by molar-refractivity contribution is 0.971. The van der Waals surface area contributed by atoms with Crippen LogP contribution in [0.15, 0.2) is 28.9 Å².